The molecule has 1 amide bonds. The highest BCUT2D eigenvalue weighted by Gasteiger charge is 2.26. The zero-order valence-corrected chi connectivity index (χ0v) is 13.5. The predicted molar refractivity (Wildman–Crippen MR) is 89.8 cm³/mol. The Hall–Kier alpha value is -2.96. The highest BCUT2D eigenvalue weighted by Crippen LogP contribution is 2.20. The van der Waals surface area contributed by atoms with Gasteiger partial charge in [0.1, 0.15) is 6.10 Å². The van der Waals surface area contributed by atoms with Crippen molar-refractivity contribution >= 4 is 16.8 Å². The fourth-order valence-corrected chi connectivity index (χ4v) is 3.09. The third-order valence-electron chi connectivity index (χ3n) is 4.34. The Morgan fingerprint density at radius 2 is 2.12 bits per heavy atom. The molecule has 6 nitrogen and oxygen atoms in total. The van der Waals surface area contributed by atoms with Gasteiger partial charge in [-0.05, 0) is 36.4 Å². The number of hydrogen-bond donors (Lipinski definition) is 1. The number of hydrogen-bond acceptors (Lipinski definition) is 4. The zero-order chi connectivity index (χ0) is 17.2. The number of rotatable bonds is 3. The lowest BCUT2D eigenvalue weighted by Gasteiger charge is -2.32. The van der Waals surface area contributed by atoms with Crippen LogP contribution in [-0.2, 0) is 0 Å². The molecule has 0 radical (unpaired) electrons. The Balaban J connectivity index is 1.46. The van der Waals surface area contributed by atoms with Crippen LogP contribution >= 0.6 is 0 Å². The van der Waals surface area contributed by atoms with E-state index in [0.717, 1.165) is 36.1 Å². The van der Waals surface area contributed by atoms with E-state index in [0.29, 0.717) is 18.7 Å². The number of likely N-dealkylation sites (tertiary alicyclic amines) is 1. The fraction of sp³-hybridized carbons (Fsp3) is 0.278. The van der Waals surface area contributed by atoms with Crippen LogP contribution in [0.5, 0.6) is 6.01 Å². The number of fused-ring (bicyclic) bond motifs is 1. The lowest BCUT2D eigenvalue weighted by molar-refractivity contribution is 0.0515. The Bertz CT molecular complexity index is 893. The maximum atomic E-state index is 12.9. The van der Waals surface area contributed by atoms with Gasteiger partial charge in [0, 0.05) is 23.8 Å². The first kappa shape index (κ1) is 15.6. The molecule has 4 rings (SSSR count). The van der Waals surface area contributed by atoms with Gasteiger partial charge in [-0.3, -0.25) is 4.79 Å². The molecule has 3 heterocycles. The summed E-state index contributed by atoms with van der Waals surface area (Å²) < 4.78 is 18.6. The third-order valence-corrected chi connectivity index (χ3v) is 4.34. The zero-order valence-electron chi connectivity index (χ0n) is 13.5. The average Bonchev–Trinajstić information content (AvgIpc) is 3.11. The Kier molecular flexibility index (Phi) is 4.05. The lowest BCUT2D eigenvalue weighted by Crippen LogP contribution is -2.44. The largest absolute Gasteiger partial charge is 0.458 e. The first-order chi connectivity index (χ1) is 12.2. The van der Waals surface area contributed by atoms with Gasteiger partial charge < -0.3 is 14.6 Å². The maximum absolute atomic E-state index is 12.9. The van der Waals surface area contributed by atoms with Crippen molar-refractivity contribution in [3.63, 3.8) is 0 Å². The Morgan fingerprint density at radius 1 is 1.28 bits per heavy atom. The van der Waals surface area contributed by atoms with Crippen LogP contribution in [0.3, 0.4) is 0 Å². The molecule has 0 unspecified atom stereocenters. The van der Waals surface area contributed by atoms with E-state index in [1.165, 1.54) is 0 Å². The number of piperidine rings is 1. The van der Waals surface area contributed by atoms with Gasteiger partial charge in [0.05, 0.1) is 18.9 Å². The predicted octanol–water partition coefficient (Wildman–Crippen LogP) is 2.78. The van der Waals surface area contributed by atoms with Crippen molar-refractivity contribution in [2.75, 3.05) is 13.1 Å². The topological polar surface area (TPSA) is 71.1 Å². The molecule has 1 atom stereocenters. The number of halogens is 1. The van der Waals surface area contributed by atoms with Gasteiger partial charge >= 0.3 is 6.01 Å². The number of carbonyl (C=O) groups excluding carboxylic acids is 1. The first-order valence-electron chi connectivity index (χ1n) is 8.20. The van der Waals surface area contributed by atoms with Crippen LogP contribution in [0.15, 0.2) is 42.9 Å². The summed E-state index contributed by atoms with van der Waals surface area (Å²) in [4.78, 5) is 25.3. The van der Waals surface area contributed by atoms with Crippen LogP contribution in [-0.4, -0.2) is 45.0 Å². The SMILES string of the molecule is O=C(c1ccc2cc[nH]c2c1)N1CCC[C@H](Oc2ncc(F)cn2)C1. The van der Waals surface area contributed by atoms with E-state index in [1.807, 2.05) is 30.5 Å². The molecule has 0 saturated carbocycles. The molecule has 1 aromatic carbocycles. The second-order valence-corrected chi connectivity index (χ2v) is 6.10. The van der Waals surface area contributed by atoms with Gasteiger partial charge in [0.2, 0.25) is 0 Å². The number of amides is 1. The Morgan fingerprint density at radius 3 is 2.96 bits per heavy atom. The van der Waals surface area contributed by atoms with Gasteiger partial charge in [0.25, 0.3) is 5.91 Å². The Labute approximate surface area is 143 Å². The lowest BCUT2D eigenvalue weighted by atomic mass is 10.1. The van der Waals surface area contributed by atoms with Crippen molar-refractivity contribution in [3.05, 3.63) is 54.2 Å². The highest BCUT2D eigenvalue weighted by atomic mass is 19.1. The van der Waals surface area contributed by atoms with Gasteiger partial charge in [-0.2, -0.15) is 0 Å². The van der Waals surface area contributed by atoms with Gasteiger partial charge in [-0.25, -0.2) is 14.4 Å². The molecule has 25 heavy (non-hydrogen) atoms. The standard InChI is InChI=1S/C18H17FN4O2/c19-14-9-21-18(22-10-14)25-15-2-1-7-23(11-15)17(24)13-4-3-12-5-6-20-16(12)8-13/h3-6,8-10,15,20H,1-2,7,11H2/t15-/m0/s1. The van der Waals surface area contributed by atoms with Crippen LogP contribution in [0.4, 0.5) is 4.39 Å². The minimum absolute atomic E-state index is 0.0233. The molecule has 0 bridgehead atoms. The minimum atomic E-state index is -0.507. The monoisotopic (exact) mass is 340 g/mol. The summed E-state index contributed by atoms with van der Waals surface area (Å²) in [5.74, 6) is -0.530. The second-order valence-electron chi connectivity index (χ2n) is 6.10. The molecule has 3 aromatic rings. The first-order valence-corrected chi connectivity index (χ1v) is 8.20. The van der Waals surface area contributed by atoms with Crippen molar-refractivity contribution in [1.82, 2.24) is 19.9 Å². The number of carbonyl (C=O) groups is 1. The van der Waals surface area contributed by atoms with E-state index in [1.54, 1.807) is 4.90 Å². The van der Waals surface area contributed by atoms with Crippen molar-refractivity contribution < 1.29 is 13.9 Å². The van der Waals surface area contributed by atoms with Crippen LogP contribution < -0.4 is 4.74 Å². The summed E-state index contributed by atoms with van der Waals surface area (Å²) >= 11 is 0. The number of benzene rings is 1. The van der Waals surface area contributed by atoms with Crippen LogP contribution in [0.2, 0.25) is 0 Å². The summed E-state index contributed by atoms with van der Waals surface area (Å²) in [6.45, 7) is 1.15. The molecular weight excluding hydrogens is 323 g/mol. The molecule has 0 spiro atoms. The summed E-state index contributed by atoms with van der Waals surface area (Å²) in [6.07, 6.45) is 5.44. The van der Waals surface area contributed by atoms with Crippen LogP contribution in [0.1, 0.15) is 23.2 Å². The van der Waals surface area contributed by atoms with E-state index in [-0.39, 0.29) is 18.0 Å². The van der Waals surface area contributed by atoms with E-state index in [4.69, 9.17) is 4.74 Å². The smallest absolute Gasteiger partial charge is 0.316 e. The van der Waals surface area contributed by atoms with Gasteiger partial charge in [0.15, 0.2) is 5.82 Å². The number of ether oxygens (including phenoxy) is 1. The van der Waals surface area contributed by atoms with E-state index in [2.05, 4.69) is 15.0 Å². The van der Waals surface area contributed by atoms with Gasteiger partial charge in [-0.15, -0.1) is 0 Å². The van der Waals surface area contributed by atoms with Crippen LogP contribution in [0, 0.1) is 5.82 Å². The summed E-state index contributed by atoms with van der Waals surface area (Å²) in [5.41, 5.74) is 1.59. The number of aromatic amines is 1. The normalized spacial score (nSPS) is 17.6. The number of nitrogens with zero attached hydrogens (tertiary/aromatic N) is 3. The molecule has 1 fully saturated rings. The number of nitrogens with one attached hydrogen (secondary N) is 1. The second kappa shape index (κ2) is 6.51. The molecule has 128 valence electrons. The van der Waals surface area contributed by atoms with Crippen molar-refractivity contribution in [2.24, 2.45) is 0 Å². The number of H-pyrrole nitrogens is 1. The van der Waals surface area contributed by atoms with Gasteiger partial charge in [-0.1, -0.05) is 6.07 Å². The summed E-state index contributed by atoms with van der Waals surface area (Å²) in [5, 5.41) is 1.07. The van der Waals surface area contributed by atoms with E-state index >= 15 is 0 Å². The summed E-state index contributed by atoms with van der Waals surface area (Å²) in [6, 6.07) is 7.74. The molecule has 1 N–H and O–H groups in total. The maximum Gasteiger partial charge on any atom is 0.316 e. The van der Waals surface area contributed by atoms with Crippen molar-refractivity contribution in [1.29, 1.82) is 0 Å². The van der Waals surface area contributed by atoms with Crippen LogP contribution in [0.25, 0.3) is 10.9 Å². The quantitative estimate of drug-likeness (QED) is 0.796. The fourth-order valence-electron chi connectivity index (χ4n) is 3.09. The number of aromatic nitrogens is 3. The van der Waals surface area contributed by atoms with E-state index in [9.17, 15) is 9.18 Å². The molecule has 7 heteroatoms. The van der Waals surface area contributed by atoms with Crippen molar-refractivity contribution in [3.8, 4) is 6.01 Å². The molecular formula is C18H17FN4O2. The van der Waals surface area contributed by atoms with E-state index < -0.39 is 5.82 Å². The average molecular weight is 340 g/mol. The summed E-state index contributed by atoms with van der Waals surface area (Å²) in [7, 11) is 0. The molecule has 2 aromatic heterocycles. The molecule has 0 aliphatic carbocycles. The minimum Gasteiger partial charge on any atom is -0.458 e. The molecule has 1 aliphatic rings. The molecule has 1 saturated heterocycles. The molecule has 1 aliphatic heterocycles. The third kappa shape index (κ3) is 3.31. The highest BCUT2D eigenvalue weighted by molar-refractivity contribution is 5.98. The van der Waals surface area contributed by atoms with Crippen molar-refractivity contribution in [2.45, 2.75) is 18.9 Å².